The van der Waals surface area contributed by atoms with Gasteiger partial charge in [0.15, 0.2) is 0 Å². The van der Waals surface area contributed by atoms with Gasteiger partial charge in [-0.05, 0) is 17.7 Å². The highest BCUT2D eigenvalue weighted by molar-refractivity contribution is 6.01. The number of hydrogen-bond acceptors (Lipinski definition) is 4. The SMILES string of the molecule is COCCOC(=O)c1ccccc1NC(=O)Cc1ccccc1. The van der Waals surface area contributed by atoms with Crippen molar-refractivity contribution in [2.45, 2.75) is 6.42 Å². The number of hydrogen-bond donors (Lipinski definition) is 1. The molecule has 0 unspecified atom stereocenters. The highest BCUT2D eigenvalue weighted by Crippen LogP contribution is 2.16. The van der Waals surface area contributed by atoms with Gasteiger partial charge in [-0.2, -0.15) is 0 Å². The Morgan fingerprint density at radius 3 is 2.39 bits per heavy atom. The lowest BCUT2D eigenvalue weighted by atomic mass is 10.1. The van der Waals surface area contributed by atoms with Crippen molar-refractivity contribution >= 4 is 17.6 Å². The third-order valence-electron chi connectivity index (χ3n) is 3.15. The van der Waals surface area contributed by atoms with Gasteiger partial charge in [-0.25, -0.2) is 4.79 Å². The molecule has 2 rings (SSSR count). The predicted molar refractivity (Wildman–Crippen MR) is 87.4 cm³/mol. The van der Waals surface area contributed by atoms with Gasteiger partial charge in [-0.1, -0.05) is 42.5 Å². The van der Waals surface area contributed by atoms with E-state index in [1.807, 2.05) is 30.3 Å². The third kappa shape index (κ3) is 5.23. The van der Waals surface area contributed by atoms with Gasteiger partial charge in [0.1, 0.15) is 6.61 Å². The molecule has 5 heteroatoms. The number of rotatable bonds is 7. The average molecular weight is 313 g/mol. The van der Waals surface area contributed by atoms with Gasteiger partial charge in [0, 0.05) is 7.11 Å². The second-order valence-corrected chi connectivity index (χ2v) is 4.88. The normalized spacial score (nSPS) is 10.1. The summed E-state index contributed by atoms with van der Waals surface area (Å²) < 4.78 is 9.94. The molecule has 1 amide bonds. The van der Waals surface area contributed by atoms with Crippen molar-refractivity contribution in [3.63, 3.8) is 0 Å². The molecule has 120 valence electrons. The van der Waals surface area contributed by atoms with Crippen LogP contribution < -0.4 is 5.32 Å². The quantitative estimate of drug-likeness (QED) is 0.630. The molecular formula is C18H19NO4. The largest absolute Gasteiger partial charge is 0.460 e. The van der Waals surface area contributed by atoms with Crippen LogP contribution in [0.4, 0.5) is 5.69 Å². The molecule has 5 nitrogen and oxygen atoms in total. The Balaban J connectivity index is 2.02. The van der Waals surface area contributed by atoms with Crippen molar-refractivity contribution in [2.75, 3.05) is 25.6 Å². The number of nitrogens with one attached hydrogen (secondary N) is 1. The Labute approximate surface area is 135 Å². The van der Waals surface area contributed by atoms with E-state index in [-0.39, 0.29) is 18.9 Å². The van der Waals surface area contributed by atoms with Crippen LogP contribution in [0.1, 0.15) is 15.9 Å². The summed E-state index contributed by atoms with van der Waals surface area (Å²) in [6.07, 6.45) is 0.244. The number of anilines is 1. The van der Waals surface area contributed by atoms with Gasteiger partial charge in [0.2, 0.25) is 5.91 Å². The fraction of sp³-hybridized carbons (Fsp3) is 0.222. The van der Waals surface area contributed by atoms with E-state index in [0.29, 0.717) is 17.9 Å². The zero-order valence-electron chi connectivity index (χ0n) is 13.0. The molecule has 23 heavy (non-hydrogen) atoms. The zero-order chi connectivity index (χ0) is 16.5. The molecule has 0 aliphatic heterocycles. The maximum atomic E-state index is 12.1. The van der Waals surface area contributed by atoms with Crippen LogP contribution in [0.2, 0.25) is 0 Å². The number of esters is 1. The Bertz CT molecular complexity index is 655. The fourth-order valence-electron chi connectivity index (χ4n) is 2.04. The van der Waals surface area contributed by atoms with Crippen LogP contribution in [0.25, 0.3) is 0 Å². The molecule has 0 bridgehead atoms. The van der Waals surface area contributed by atoms with Crippen molar-refractivity contribution in [3.8, 4) is 0 Å². The van der Waals surface area contributed by atoms with E-state index in [1.165, 1.54) is 7.11 Å². The van der Waals surface area contributed by atoms with E-state index in [4.69, 9.17) is 9.47 Å². The first kappa shape index (κ1) is 16.7. The molecule has 2 aromatic carbocycles. The molecule has 0 aliphatic carbocycles. The molecule has 0 fully saturated rings. The summed E-state index contributed by atoms with van der Waals surface area (Å²) in [5, 5.41) is 2.76. The number of carbonyl (C=O) groups excluding carboxylic acids is 2. The van der Waals surface area contributed by atoms with Crippen LogP contribution in [-0.4, -0.2) is 32.2 Å². The van der Waals surface area contributed by atoms with E-state index in [2.05, 4.69) is 5.32 Å². The molecule has 0 saturated heterocycles. The van der Waals surface area contributed by atoms with Gasteiger partial charge in [-0.3, -0.25) is 4.79 Å². The van der Waals surface area contributed by atoms with Crippen LogP contribution >= 0.6 is 0 Å². The maximum absolute atomic E-state index is 12.1. The smallest absolute Gasteiger partial charge is 0.340 e. The van der Waals surface area contributed by atoms with Crippen molar-refractivity contribution in [1.29, 1.82) is 0 Å². The molecular weight excluding hydrogens is 294 g/mol. The summed E-state index contributed by atoms with van der Waals surface area (Å²) in [5.74, 6) is -0.675. The van der Waals surface area contributed by atoms with Crippen LogP contribution in [0, 0.1) is 0 Å². The molecule has 0 radical (unpaired) electrons. The van der Waals surface area contributed by atoms with E-state index < -0.39 is 5.97 Å². The Kier molecular flexibility index (Phi) is 6.32. The minimum absolute atomic E-state index is 0.168. The number of para-hydroxylation sites is 1. The zero-order valence-corrected chi connectivity index (χ0v) is 13.0. The molecule has 2 aromatic rings. The Hall–Kier alpha value is -2.66. The lowest BCUT2D eigenvalue weighted by Gasteiger charge is -2.11. The topological polar surface area (TPSA) is 64.6 Å². The van der Waals surface area contributed by atoms with E-state index in [1.54, 1.807) is 24.3 Å². The monoisotopic (exact) mass is 313 g/mol. The summed E-state index contributed by atoms with van der Waals surface area (Å²) in [6, 6.07) is 16.2. The van der Waals surface area contributed by atoms with Gasteiger partial charge in [-0.15, -0.1) is 0 Å². The summed E-state index contributed by atoms with van der Waals surface area (Å²) in [5.41, 5.74) is 1.67. The lowest BCUT2D eigenvalue weighted by Crippen LogP contribution is -2.18. The summed E-state index contributed by atoms with van der Waals surface area (Å²) in [4.78, 5) is 24.2. The Morgan fingerprint density at radius 2 is 1.65 bits per heavy atom. The molecule has 0 atom stereocenters. The molecule has 0 aromatic heterocycles. The van der Waals surface area contributed by atoms with Crippen LogP contribution in [0.3, 0.4) is 0 Å². The fourth-order valence-corrected chi connectivity index (χ4v) is 2.04. The minimum atomic E-state index is -0.488. The third-order valence-corrected chi connectivity index (χ3v) is 3.15. The standard InChI is InChI=1S/C18H19NO4/c1-22-11-12-23-18(21)15-9-5-6-10-16(15)19-17(20)13-14-7-3-2-4-8-14/h2-10H,11-13H2,1H3,(H,19,20). The summed E-state index contributed by atoms with van der Waals surface area (Å²) in [6.45, 7) is 0.496. The second-order valence-electron chi connectivity index (χ2n) is 4.88. The first-order valence-corrected chi connectivity index (χ1v) is 7.29. The number of carbonyl (C=O) groups is 2. The van der Waals surface area contributed by atoms with E-state index in [9.17, 15) is 9.59 Å². The van der Waals surface area contributed by atoms with Gasteiger partial charge >= 0.3 is 5.97 Å². The summed E-state index contributed by atoms with van der Waals surface area (Å²) >= 11 is 0. The van der Waals surface area contributed by atoms with E-state index >= 15 is 0 Å². The highest BCUT2D eigenvalue weighted by Gasteiger charge is 2.14. The van der Waals surface area contributed by atoms with Gasteiger partial charge in [0.05, 0.1) is 24.3 Å². The number of methoxy groups -OCH3 is 1. The second kappa shape index (κ2) is 8.70. The lowest BCUT2D eigenvalue weighted by molar-refractivity contribution is -0.115. The summed E-state index contributed by atoms with van der Waals surface area (Å²) in [7, 11) is 1.53. The Morgan fingerprint density at radius 1 is 0.957 bits per heavy atom. The first-order chi connectivity index (χ1) is 11.2. The van der Waals surface area contributed by atoms with Crippen LogP contribution in [0.5, 0.6) is 0 Å². The first-order valence-electron chi connectivity index (χ1n) is 7.29. The van der Waals surface area contributed by atoms with E-state index in [0.717, 1.165) is 5.56 Å². The molecule has 1 N–H and O–H groups in total. The van der Waals surface area contributed by atoms with Crippen molar-refractivity contribution in [1.82, 2.24) is 0 Å². The molecule has 0 saturated carbocycles. The van der Waals surface area contributed by atoms with Gasteiger partial charge in [0.25, 0.3) is 0 Å². The van der Waals surface area contributed by atoms with Crippen molar-refractivity contribution < 1.29 is 19.1 Å². The predicted octanol–water partition coefficient (Wildman–Crippen LogP) is 2.67. The van der Waals surface area contributed by atoms with Crippen LogP contribution in [0.15, 0.2) is 54.6 Å². The van der Waals surface area contributed by atoms with Crippen molar-refractivity contribution in [2.24, 2.45) is 0 Å². The molecule has 0 spiro atoms. The minimum Gasteiger partial charge on any atom is -0.460 e. The van der Waals surface area contributed by atoms with Crippen LogP contribution in [-0.2, 0) is 20.7 Å². The highest BCUT2D eigenvalue weighted by atomic mass is 16.6. The van der Waals surface area contributed by atoms with Gasteiger partial charge < -0.3 is 14.8 Å². The number of benzene rings is 2. The number of ether oxygens (including phenoxy) is 2. The average Bonchev–Trinajstić information content (AvgIpc) is 2.56. The molecule has 0 aliphatic rings. The van der Waals surface area contributed by atoms with Crippen molar-refractivity contribution in [3.05, 3.63) is 65.7 Å². The number of amides is 1. The molecule has 0 heterocycles. The maximum Gasteiger partial charge on any atom is 0.340 e.